The van der Waals surface area contributed by atoms with Crippen LogP contribution in [0.2, 0.25) is 72.0 Å². The van der Waals surface area contributed by atoms with E-state index in [2.05, 4.69) is 39.3 Å². The lowest BCUT2D eigenvalue weighted by molar-refractivity contribution is -0.203. The second-order valence-corrected chi connectivity index (χ2v) is 25.6. The smallest absolute Gasteiger partial charge is 0.393 e. The summed E-state index contributed by atoms with van der Waals surface area (Å²) in [4.78, 5) is 17.3. The number of hydrogen-bond acceptors (Lipinski definition) is 3. The zero-order valence-electron chi connectivity index (χ0n) is 15.5. The average molecular weight is 359 g/mol. The Morgan fingerprint density at radius 1 is 0.800 bits per heavy atom. The van der Waals surface area contributed by atoms with Crippen LogP contribution < -0.4 is 4.80 Å². The molecule has 0 bridgehead atoms. The summed E-state index contributed by atoms with van der Waals surface area (Å²) in [6.45, 7) is 26.2. The van der Waals surface area contributed by atoms with Crippen LogP contribution in [0.3, 0.4) is 0 Å². The van der Waals surface area contributed by atoms with Gasteiger partial charge in [0.25, 0.3) is 0 Å². The first kappa shape index (κ1) is 28.7. The summed E-state index contributed by atoms with van der Waals surface area (Å²) in [5.74, 6) is 0. The maximum absolute atomic E-state index is 10.2. The molecule has 0 aliphatic carbocycles. The van der Waals surface area contributed by atoms with Gasteiger partial charge in [-0.3, -0.25) is 0 Å². The first-order chi connectivity index (χ1) is 7.71. The van der Waals surface area contributed by atoms with Crippen LogP contribution in [-0.2, 0) is 4.12 Å². The summed E-state index contributed by atoms with van der Waals surface area (Å²) >= 11 is 0. The van der Waals surface area contributed by atoms with Crippen LogP contribution in [0.5, 0.6) is 0 Å². The van der Waals surface area contributed by atoms with Gasteiger partial charge in [-0.2, -0.15) is 0 Å². The molecule has 0 aliphatic heterocycles. The molecular formula is C12H38O4Si4. The van der Waals surface area contributed by atoms with E-state index < -0.39 is 33.3 Å². The lowest BCUT2D eigenvalue weighted by Crippen LogP contribution is -2.40. The molecule has 0 saturated carbocycles. The van der Waals surface area contributed by atoms with Gasteiger partial charge in [0, 0.05) is 26.2 Å². The van der Waals surface area contributed by atoms with Crippen LogP contribution in [0.15, 0.2) is 0 Å². The maximum Gasteiger partial charge on any atom is 0.393 e. The van der Waals surface area contributed by atoms with Gasteiger partial charge in [-0.15, -0.1) is 0 Å². The number of rotatable bonds is 2. The highest BCUT2D eigenvalue weighted by atomic mass is 28.4. The Kier molecular flexibility index (Phi) is 14.8. The van der Waals surface area contributed by atoms with Crippen LogP contribution in [0.1, 0.15) is 0 Å². The molecule has 0 amide bonds. The van der Waals surface area contributed by atoms with E-state index in [1.807, 2.05) is 19.6 Å². The van der Waals surface area contributed by atoms with Gasteiger partial charge in [0.1, 0.15) is 0 Å². The minimum atomic E-state index is -1.86. The van der Waals surface area contributed by atoms with Gasteiger partial charge in [-0.05, 0) is 32.7 Å². The van der Waals surface area contributed by atoms with E-state index >= 15 is 0 Å². The SMILES string of the molecule is C[Si](C)(C)[O-].C[Si](C)(C)[OH2+].[CH2+][Si](C)(C)O[Si](C)(C)C.[OH-]. The molecule has 0 fully saturated rings. The molecule has 0 saturated heterocycles. The molecule has 20 heavy (non-hydrogen) atoms. The van der Waals surface area contributed by atoms with E-state index in [1.165, 1.54) is 0 Å². The summed E-state index contributed by atoms with van der Waals surface area (Å²) < 4.78 is 5.79. The van der Waals surface area contributed by atoms with Crippen molar-refractivity contribution < 1.29 is 19.2 Å². The Balaban J connectivity index is -0.000000101. The molecule has 0 unspecified atom stereocenters. The van der Waals surface area contributed by atoms with Gasteiger partial charge in [0.15, 0.2) is 8.32 Å². The van der Waals surface area contributed by atoms with E-state index in [-0.39, 0.29) is 5.48 Å². The molecule has 0 rings (SSSR count). The highest BCUT2D eigenvalue weighted by molar-refractivity contribution is 6.85. The Morgan fingerprint density at radius 2 is 0.950 bits per heavy atom. The van der Waals surface area contributed by atoms with E-state index in [0.29, 0.717) is 0 Å². The lowest BCUT2D eigenvalue weighted by atomic mass is 11.8. The molecule has 0 heterocycles. The van der Waals surface area contributed by atoms with Crippen LogP contribution in [0.4, 0.5) is 0 Å². The molecule has 3 N–H and O–H groups in total. The van der Waals surface area contributed by atoms with Crippen molar-refractivity contribution in [3.8, 4) is 0 Å². The molecule has 0 spiro atoms. The summed E-state index contributed by atoms with van der Waals surface area (Å²) in [7, 11) is -6.00. The predicted octanol–water partition coefficient (Wildman–Crippen LogP) is 2.97. The number of hydrogen-bond donors (Lipinski definition) is 0. The van der Waals surface area contributed by atoms with Crippen molar-refractivity contribution in [2.45, 2.75) is 72.0 Å². The molecule has 0 aromatic carbocycles. The molecule has 0 aliphatic rings. The molecule has 8 heteroatoms. The monoisotopic (exact) mass is 358 g/mol. The third-order valence-electron chi connectivity index (χ3n) is 0.582. The largest absolute Gasteiger partial charge is 0.870 e. The van der Waals surface area contributed by atoms with Gasteiger partial charge in [0.2, 0.25) is 0 Å². The first-order valence-corrected chi connectivity index (χ1v) is 20.1. The summed E-state index contributed by atoms with van der Waals surface area (Å²) in [5.41, 5.74) is 0. The predicted molar refractivity (Wildman–Crippen MR) is 99.5 cm³/mol. The summed E-state index contributed by atoms with van der Waals surface area (Å²) in [5, 5.41) is 0. The summed E-state index contributed by atoms with van der Waals surface area (Å²) in [6, 6.07) is 0. The highest BCUT2D eigenvalue weighted by Gasteiger charge is 2.32. The fourth-order valence-corrected chi connectivity index (χ4v) is 7.46. The Morgan fingerprint density at radius 3 is 0.950 bits per heavy atom. The molecule has 4 nitrogen and oxygen atoms in total. The molecule has 126 valence electrons. The fourth-order valence-electron chi connectivity index (χ4n) is 0.829. The van der Waals surface area contributed by atoms with Crippen molar-refractivity contribution in [3.05, 3.63) is 6.55 Å². The van der Waals surface area contributed by atoms with Gasteiger partial charge < -0.3 is 19.2 Å². The topological polar surface area (TPSA) is 85.2 Å². The molecule has 0 atom stereocenters. The maximum atomic E-state index is 10.2. The minimum absolute atomic E-state index is 0. The Bertz CT molecular complexity index is 186. The molecule has 0 aromatic heterocycles. The fraction of sp³-hybridized carbons (Fsp3) is 0.917. The van der Waals surface area contributed by atoms with Crippen molar-refractivity contribution in [2.75, 3.05) is 0 Å². The second-order valence-electron chi connectivity index (χ2n) is 8.34. The van der Waals surface area contributed by atoms with E-state index in [1.54, 1.807) is 19.6 Å². The second kappa shape index (κ2) is 10.3. The van der Waals surface area contributed by atoms with E-state index in [9.17, 15) is 4.80 Å². The first-order valence-electron chi connectivity index (χ1n) is 6.72. The van der Waals surface area contributed by atoms with Gasteiger partial charge in [-0.1, -0.05) is 28.0 Å². The van der Waals surface area contributed by atoms with Gasteiger partial charge >= 0.3 is 16.6 Å². The van der Waals surface area contributed by atoms with Crippen molar-refractivity contribution in [3.63, 3.8) is 0 Å². The molecule has 0 aromatic rings. The van der Waals surface area contributed by atoms with Crippen molar-refractivity contribution in [1.29, 1.82) is 0 Å². The third-order valence-corrected chi connectivity index (χ3v) is 5.24. The zero-order chi connectivity index (χ0) is 16.7. The van der Waals surface area contributed by atoms with Crippen molar-refractivity contribution >= 4 is 33.3 Å². The van der Waals surface area contributed by atoms with Gasteiger partial charge in [0.05, 0.1) is 0 Å². The average Bonchev–Trinajstić information content (AvgIpc) is 1.63. The van der Waals surface area contributed by atoms with Crippen LogP contribution >= 0.6 is 0 Å². The zero-order valence-corrected chi connectivity index (χ0v) is 19.5. The normalized spacial score (nSPS) is 12.2. The van der Waals surface area contributed by atoms with E-state index in [4.69, 9.17) is 8.91 Å². The molecular weight excluding hydrogens is 320 g/mol. The Hall–Kier alpha value is 0.578. The van der Waals surface area contributed by atoms with Crippen LogP contribution in [-0.4, -0.2) is 43.5 Å². The standard InChI is InChI=1S/C6H17OSi2.C3H10OSi.C3H9OSi.H2O/c1-8(2,3)7-9(4,5)6;2*1-5(2,3)4;/h1H2,2-6H3;4H,1-3H3;1-3H3;1H2/q+1;;-1;. The van der Waals surface area contributed by atoms with Crippen LogP contribution in [0, 0.1) is 6.55 Å². The summed E-state index contributed by atoms with van der Waals surface area (Å²) in [6.07, 6.45) is 0. The van der Waals surface area contributed by atoms with E-state index in [0.717, 1.165) is 0 Å². The highest BCUT2D eigenvalue weighted by Crippen LogP contribution is 2.11. The lowest BCUT2D eigenvalue weighted by Gasteiger charge is -2.21. The van der Waals surface area contributed by atoms with Crippen molar-refractivity contribution in [2.24, 2.45) is 0 Å². The van der Waals surface area contributed by atoms with Crippen molar-refractivity contribution in [1.82, 2.24) is 0 Å². The van der Waals surface area contributed by atoms with Gasteiger partial charge in [-0.25, -0.2) is 0 Å². The third kappa shape index (κ3) is 133. The van der Waals surface area contributed by atoms with Crippen LogP contribution in [0.25, 0.3) is 0 Å². The minimum Gasteiger partial charge on any atom is -0.870 e. The quantitative estimate of drug-likeness (QED) is 0.432. The molecule has 0 radical (unpaired) electrons. The Labute approximate surface area is 131 Å².